The smallest absolute Gasteiger partial charge is 0.241 e. The first-order chi connectivity index (χ1) is 7.56. The molecule has 16 heavy (non-hydrogen) atoms. The zero-order valence-corrected chi connectivity index (χ0v) is 9.95. The molecule has 3 N–H and O–H groups in total. The lowest BCUT2D eigenvalue weighted by atomic mass is 10.4. The summed E-state index contributed by atoms with van der Waals surface area (Å²) in [6.07, 6.45) is 1.29. The first kappa shape index (κ1) is 12.5. The van der Waals surface area contributed by atoms with Gasteiger partial charge in [-0.2, -0.15) is 0 Å². The number of anilines is 2. The Morgan fingerprint density at radius 1 is 1.62 bits per heavy atom. The van der Waals surface area contributed by atoms with Crippen LogP contribution in [0.15, 0.2) is 6.33 Å². The number of carbonyl (C=O) groups excluding carboxylic acids is 1. The van der Waals surface area contributed by atoms with Crippen LogP contribution < -0.4 is 11.1 Å². The van der Waals surface area contributed by atoms with Crippen LogP contribution in [0, 0.1) is 0 Å². The fourth-order valence-electron chi connectivity index (χ4n) is 0.977. The minimum atomic E-state index is -0.0456. The van der Waals surface area contributed by atoms with E-state index >= 15 is 0 Å². The summed E-state index contributed by atoms with van der Waals surface area (Å²) in [4.78, 5) is 20.7. The maximum absolute atomic E-state index is 11.5. The molecule has 0 aliphatic rings. The highest BCUT2D eigenvalue weighted by molar-refractivity contribution is 6.35. The summed E-state index contributed by atoms with van der Waals surface area (Å²) in [5.41, 5.74) is 5.49. The molecule has 0 radical (unpaired) electrons. The van der Waals surface area contributed by atoms with Crippen molar-refractivity contribution in [2.75, 3.05) is 31.2 Å². The van der Waals surface area contributed by atoms with E-state index in [0.29, 0.717) is 12.4 Å². The van der Waals surface area contributed by atoms with Crippen molar-refractivity contribution in [3.63, 3.8) is 0 Å². The molecule has 7 heteroatoms. The largest absolute Gasteiger partial charge is 0.382 e. The van der Waals surface area contributed by atoms with Crippen LogP contribution >= 0.6 is 11.6 Å². The Kier molecular flexibility index (Phi) is 4.30. The Hall–Kier alpha value is -1.56. The lowest BCUT2D eigenvalue weighted by Gasteiger charge is -2.15. The van der Waals surface area contributed by atoms with Crippen molar-refractivity contribution >= 4 is 29.1 Å². The fraction of sp³-hybridized carbons (Fsp3) is 0.444. The Labute approximate surface area is 98.8 Å². The van der Waals surface area contributed by atoms with Crippen molar-refractivity contribution in [3.05, 3.63) is 11.3 Å². The molecule has 0 spiro atoms. The third kappa shape index (κ3) is 2.96. The first-order valence-corrected chi connectivity index (χ1v) is 5.17. The summed E-state index contributed by atoms with van der Waals surface area (Å²) in [5.74, 6) is 0.512. The number of nitrogens with two attached hydrogens (primary N) is 1. The van der Waals surface area contributed by atoms with E-state index in [2.05, 4.69) is 15.3 Å². The second-order valence-corrected chi connectivity index (χ2v) is 3.56. The van der Waals surface area contributed by atoms with Gasteiger partial charge in [0.2, 0.25) is 5.91 Å². The monoisotopic (exact) mass is 243 g/mol. The summed E-state index contributed by atoms with van der Waals surface area (Å²) in [6, 6.07) is 0. The molecule has 1 aromatic heterocycles. The average molecular weight is 244 g/mol. The number of likely N-dealkylation sites (N-methyl/N-ethyl adjacent to an activating group) is 1. The molecule has 1 aromatic rings. The number of rotatable bonds is 4. The topological polar surface area (TPSA) is 84.1 Å². The summed E-state index contributed by atoms with van der Waals surface area (Å²) < 4.78 is 0. The number of nitrogens with one attached hydrogen (secondary N) is 1. The van der Waals surface area contributed by atoms with Gasteiger partial charge in [0, 0.05) is 13.6 Å². The summed E-state index contributed by atoms with van der Waals surface area (Å²) in [7, 11) is 1.72. The van der Waals surface area contributed by atoms with Crippen molar-refractivity contribution < 1.29 is 4.79 Å². The minimum absolute atomic E-state index is 0.0456. The van der Waals surface area contributed by atoms with Gasteiger partial charge in [-0.15, -0.1) is 0 Å². The standard InChI is InChI=1S/C9H14ClN5O/c1-3-15(2)6(16)4-12-9-7(10)8(11)13-5-14-9/h5H,3-4H2,1-2H3,(H3,11,12,13,14). The fourth-order valence-corrected chi connectivity index (χ4v) is 1.14. The Morgan fingerprint density at radius 3 is 2.94 bits per heavy atom. The number of hydrogen-bond acceptors (Lipinski definition) is 5. The molecule has 0 aliphatic carbocycles. The van der Waals surface area contributed by atoms with Crippen molar-refractivity contribution in [1.29, 1.82) is 0 Å². The highest BCUT2D eigenvalue weighted by Crippen LogP contribution is 2.22. The van der Waals surface area contributed by atoms with E-state index in [1.165, 1.54) is 6.33 Å². The van der Waals surface area contributed by atoms with Crippen LogP contribution in [0.5, 0.6) is 0 Å². The lowest BCUT2D eigenvalue weighted by Crippen LogP contribution is -2.32. The minimum Gasteiger partial charge on any atom is -0.382 e. The molecule has 0 bridgehead atoms. The number of aromatic nitrogens is 2. The van der Waals surface area contributed by atoms with Crippen LogP contribution in [0.4, 0.5) is 11.6 Å². The molecule has 0 saturated carbocycles. The molecule has 0 saturated heterocycles. The van der Waals surface area contributed by atoms with Crippen LogP contribution in [0.25, 0.3) is 0 Å². The van der Waals surface area contributed by atoms with Gasteiger partial charge in [0.15, 0.2) is 5.82 Å². The number of amides is 1. The van der Waals surface area contributed by atoms with Crippen LogP contribution in [0.2, 0.25) is 5.02 Å². The van der Waals surface area contributed by atoms with E-state index in [-0.39, 0.29) is 23.3 Å². The lowest BCUT2D eigenvalue weighted by molar-refractivity contribution is -0.127. The predicted octanol–water partition coefficient (Wildman–Crippen LogP) is 0.602. The van der Waals surface area contributed by atoms with Crippen LogP contribution in [0.3, 0.4) is 0 Å². The molecule has 88 valence electrons. The number of nitrogens with zero attached hydrogens (tertiary/aromatic N) is 3. The molecule has 1 heterocycles. The maximum atomic E-state index is 11.5. The zero-order valence-electron chi connectivity index (χ0n) is 9.20. The third-order valence-electron chi connectivity index (χ3n) is 2.12. The molecule has 0 aliphatic heterocycles. The van der Waals surface area contributed by atoms with E-state index in [9.17, 15) is 4.79 Å². The van der Waals surface area contributed by atoms with Crippen molar-refractivity contribution in [2.45, 2.75) is 6.92 Å². The second kappa shape index (κ2) is 5.50. The van der Waals surface area contributed by atoms with Crippen molar-refractivity contribution in [1.82, 2.24) is 14.9 Å². The van der Waals surface area contributed by atoms with Gasteiger partial charge in [-0.1, -0.05) is 11.6 Å². The number of halogens is 1. The van der Waals surface area contributed by atoms with E-state index in [0.717, 1.165) is 0 Å². The third-order valence-corrected chi connectivity index (χ3v) is 2.50. The molecule has 0 fully saturated rings. The highest BCUT2D eigenvalue weighted by atomic mass is 35.5. The van der Waals surface area contributed by atoms with E-state index in [1.54, 1.807) is 11.9 Å². The van der Waals surface area contributed by atoms with Gasteiger partial charge in [-0.3, -0.25) is 4.79 Å². The molecular formula is C9H14ClN5O. The van der Waals surface area contributed by atoms with Crippen LogP contribution in [-0.2, 0) is 4.79 Å². The first-order valence-electron chi connectivity index (χ1n) is 4.80. The van der Waals surface area contributed by atoms with E-state index in [4.69, 9.17) is 17.3 Å². The summed E-state index contributed by atoms with van der Waals surface area (Å²) >= 11 is 5.85. The normalized spacial score (nSPS) is 9.94. The Morgan fingerprint density at radius 2 is 2.31 bits per heavy atom. The van der Waals surface area contributed by atoms with Crippen molar-refractivity contribution in [2.24, 2.45) is 0 Å². The van der Waals surface area contributed by atoms with Gasteiger partial charge in [-0.05, 0) is 6.92 Å². The molecule has 0 atom stereocenters. The number of hydrogen-bond donors (Lipinski definition) is 2. The van der Waals surface area contributed by atoms with Gasteiger partial charge in [0.1, 0.15) is 17.2 Å². The summed E-state index contributed by atoms with van der Waals surface area (Å²) in [6.45, 7) is 2.67. The van der Waals surface area contributed by atoms with Crippen LogP contribution in [0.1, 0.15) is 6.92 Å². The van der Waals surface area contributed by atoms with E-state index in [1.807, 2.05) is 6.92 Å². The molecular weight excluding hydrogens is 230 g/mol. The quantitative estimate of drug-likeness (QED) is 0.809. The van der Waals surface area contributed by atoms with Crippen LogP contribution in [-0.4, -0.2) is 40.9 Å². The molecule has 1 amide bonds. The number of carbonyl (C=O) groups is 1. The van der Waals surface area contributed by atoms with E-state index < -0.39 is 0 Å². The highest BCUT2D eigenvalue weighted by Gasteiger charge is 2.09. The Balaban J connectivity index is 2.61. The SMILES string of the molecule is CCN(C)C(=O)CNc1ncnc(N)c1Cl. The Bertz CT molecular complexity index is 384. The van der Waals surface area contributed by atoms with Crippen molar-refractivity contribution in [3.8, 4) is 0 Å². The van der Waals surface area contributed by atoms with Gasteiger partial charge < -0.3 is 16.0 Å². The maximum Gasteiger partial charge on any atom is 0.241 e. The zero-order chi connectivity index (χ0) is 12.1. The molecule has 0 unspecified atom stereocenters. The molecule has 0 aromatic carbocycles. The van der Waals surface area contributed by atoms with Gasteiger partial charge in [0.05, 0.1) is 6.54 Å². The van der Waals surface area contributed by atoms with Gasteiger partial charge in [-0.25, -0.2) is 9.97 Å². The average Bonchev–Trinajstić information content (AvgIpc) is 2.29. The second-order valence-electron chi connectivity index (χ2n) is 3.18. The summed E-state index contributed by atoms with van der Waals surface area (Å²) in [5, 5.41) is 3.05. The number of nitrogen functional groups attached to an aromatic ring is 1. The van der Waals surface area contributed by atoms with Gasteiger partial charge in [0.25, 0.3) is 0 Å². The van der Waals surface area contributed by atoms with Gasteiger partial charge >= 0.3 is 0 Å². The predicted molar refractivity (Wildman–Crippen MR) is 63.3 cm³/mol. The molecule has 6 nitrogen and oxygen atoms in total. The molecule has 1 rings (SSSR count).